The fourth-order valence-electron chi connectivity index (χ4n) is 2.39. The lowest BCUT2D eigenvalue weighted by Crippen LogP contribution is -2.37. The SMILES string of the molecule is CCNC1CCN(Cc2ccc(S(C)(=O)=O)cc2)C1=O. The first-order valence-electron chi connectivity index (χ1n) is 6.73. The Balaban J connectivity index is 2.03. The Labute approximate surface area is 119 Å². The second kappa shape index (κ2) is 5.93. The van der Waals surface area contributed by atoms with Crippen LogP contribution in [0.2, 0.25) is 0 Å². The first kappa shape index (κ1) is 15.0. The van der Waals surface area contributed by atoms with Crippen LogP contribution in [-0.2, 0) is 21.2 Å². The molecule has 110 valence electrons. The fourth-order valence-corrected chi connectivity index (χ4v) is 3.02. The summed E-state index contributed by atoms with van der Waals surface area (Å²) in [6, 6.07) is 6.64. The summed E-state index contributed by atoms with van der Waals surface area (Å²) in [4.78, 5) is 14.2. The number of rotatable bonds is 5. The Kier molecular flexibility index (Phi) is 4.45. The minimum atomic E-state index is -3.16. The normalized spacial score (nSPS) is 19.6. The van der Waals surface area contributed by atoms with Crippen LogP contribution < -0.4 is 5.32 Å². The van der Waals surface area contributed by atoms with E-state index in [0.29, 0.717) is 11.4 Å². The topological polar surface area (TPSA) is 66.5 Å². The zero-order chi connectivity index (χ0) is 14.8. The van der Waals surface area contributed by atoms with E-state index < -0.39 is 9.84 Å². The molecular formula is C14H20N2O3S. The molecule has 6 heteroatoms. The number of likely N-dealkylation sites (N-methyl/N-ethyl adjacent to an activating group) is 1. The third-order valence-corrected chi connectivity index (χ3v) is 4.60. The van der Waals surface area contributed by atoms with Crippen molar-refractivity contribution in [2.45, 2.75) is 30.8 Å². The lowest BCUT2D eigenvalue weighted by Gasteiger charge is -2.17. The van der Waals surface area contributed by atoms with E-state index in [1.165, 1.54) is 6.26 Å². The highest BCUT2D eigenvalue weighted by molar-refractivity contribution is 7.90. The predicted octanol–water partition coefficient (Wildman–Crippen LogP) is 0.800. The van der Waals surface area contributed by atoms with E-state index in [1.807, 2.05) is 11.8 Å². The monoisotopic (exact) mass is 296 g/mol. The van der Waals surface area contributed by atoms with E-state index in [4.69, 9.17) is 0 Å². The third kappa shape index (κ3) is 3.37. The molecule has 5 nitrogen and oxygen atoms in total. The molecule has 1 aliphatic heterocycles. The molecule has 1 amide bonds. The molecule has 1 unspecified atom stereocenters. The van der Waals surface area contributed by atoms with E-state index in [2.05, 4.69) is 5.32 Å². The molecule has 2 rings (SSSR count). The number of hydrogen-bond donors (Lipinski definition) is 1. The highest BCUT2D eigenvalue weighted by Crippen LogP contribution is 2.17. The van der Waals surface area contributed by atoms with Gasteiger partial charge in [0.25, 0.3) is 0 Å². The molecule has 1 atom stereocenters. The van der Waals surface area contributed by atoms with Crippen LogP contribution in [0.25, 0.3) is 0 Å². The van der Waals surface area contributed by atoms with Gasteiger partial charge in [0.15, 0.2) is 9.84 Å². The average molecular weight is 296 g/mol. The lowest BCUT2D eigenvalue weighted by molar-refractivity contribution is -0.129. The molecule has 0 radical (unpaired) electrons. The number of likely N-dealkylation sites (tertiary alicyclic amines) is 1. The lowest BCUT2D eigenvalue weighted by atomic mass is 10.2. The maximum Gasteiger partial charge on any atom is 0.240 e. The number of amides is 1. The van der Waals surface area contributed by atoms with E-state index in [9.17, 15) is 13.2 Å². The number of nitrogens with one attached hydrogen (secondary N) is 1. The molecule has 0 aromatic heterocycles. The average Bonchev–Trinajstić information content (AvgIpc) is 2.72. The largest absolute Gasteiger partial charge is 0.337 e. The van der Waals surface area contributed by atoms with Crippen molar-refractivity contribution in [1.29, 1.82) is 0 Å². The van der Waals surface area contributed by atoms with Gasteiger partial charge in [0.05, 0.1) is 10.9 Å². The smallest absolute Gasteiger partial charge is 0.240 e. The van der Waals surface area contributed by atoms with E-state index in [-0.39, 0.29) is 11.9 Å². The van der Waals surface area contributed by atoms with Crippen molar-refractivity contribution in [1.82, 2.24) is 10.2 Å². The quantitative estimate of drug-likeness (QED) is 0.873. The van der Waals surface area contributed by atoms with Gasteiger partial charge < -0.3 is 10.2 Å². The molecule has 0 bridgehead atoms. The first-order chi connectivity index (χ1) is 9.41. The van der Waals surface area contributed by atoms with Crippen molar-refractivity contribution in [3.8, 4) is 0 Å². The standard InChI is InChI=1S/C14H20N2O3S/c1-3-15-13-8-9-16(14(13)17)10-11-4-6-12(7-5-11)20(2,18)19/h4-7,13,15H,3,8-10H2,1-2H3. The van der Waals surface area contributed by atoms with Gasteiger partial charge in [-0.15, -0.1) is 0 Å². The maximum absolute atomic E-state index is 12.1. The Bertz CT molecular complexity index is 581. The first-order valence-corrected chi connectivity index (χ1v) is 8.62. The fraction of sp³-hybridized carbons (Fsp3) is 0.500. The van der Waals surface area contributed by atoms with Gasteiger partial charge in [0.1, 0.15) is 0 Å². The zero-order valence-electron chi connectivity index (χ0n) is 11.8. The summed E-state index contributed by atoms with van der Waals surface area (Å²) >= 11 is 0. The van der Waals surface area contributed by atoms with Gasteiger partial charge in [-0.05, 0) is 30.7 Å². The van der Waals surface area contributed by atoms with Crippen molar-refractivity contribution in [3.63, 3.8) is 0 Å². The third-order valence-electron chi connectivity index (χ3n) is 3.47. The van der Waals surface area contributed by atoms with Gasteiger partial charge in [-0.1, -0.05) is 19.1 Å². The van der Waals surface area contributed by atoms with E-state index >= 15 is 0 Å². The van der Waals surface area contributed by atoms with Gasteiger partial charge in [-0.3, -0.25) is 4.79 Å². The summed E-state index contributed by atoms with van der Waals surface area (Å²) in [6.45, 7) is 4.04. The zero-order valence-corrected chi connectivity index (χ0v) is 12.6. The Hall–Kier alpha value is -1.40. The van der Waals surface area contributed by atoms with Crippen LogP contribution >= 0.6 is 0 Å². The summed E-state index contributed by atoms with van der Waals surface area (Å²) in [7, 11) is -3.16. The summed E-state index contributed by atoms with van der Waals surface area (Å²) < 4.78 is 22.8. The van der Waals surface area contributed by atoms with Crippen LogP contribution in [0.4, 0.5) is 0 Å². The molecule has 1 fully saturated rings. The van der Waals surface area contributed by atoms with Crippen molar-refractivity contribution in [2.75, 3.05) is 19.3 Å². The van der Waals surface area contributed by atoms with Crippen LogP contribution in [0, 0.1) is 0 Å². The number of nitrogens with zero attached hydrogens (tertiary/aromatic N) is 1. The molecule has 0 aliphatic carbocycles. The van der Waals surface area contributed by atoms with Crippen LogP contribution in [0.15, 0.2) is 29.2 Å². The van der Waals surface area contributed by atoms with E-state index in [0.717, 1.165) is 25.1 Å². The molecule has 1 aromatic carbocycles. The van der Waals surface area contributed by atoms with E-state index in [1.54, 1.807) is 24.3 Å². The summed E-state index contributed by atoms with van der Waals surface area (Å²) in [5, 5.41) is 3.17. The van der Waals surface area contributed by atoms with Crippen molar-refractivity contribution in [2.24, 2.45) is 0 Å². The highest BCUT2D eigenvalue weighted by Gasteiger charge is 2.30. The molecular weight excluding hydrogens is 276 g/mol. The van der Waals surface area contributed by atoms with Gasteiger partial charge in [0, 0.05) is 19.3 Å². The van der Waals surface area contributed by atoms with Gasteiger partial charge in [-0.25, -0.2) is 8.42 Å². The number of carbonyl (C=O) groups is 1. The second-order valence-electron chi connectivity index (χ2n) is 5.07. The molecule has 1 aromatic rings. The molecule has 1 N–H and O–H groups in total. The number of sulfone groups is 1. The second-order valence-corrected chi connectivity index (χ2v) is 7.09. The number of benzene rings is 1. The van der Waals surface area contributed by atoms with Crippen molar-refractivity contribution < 1.29 is 13.2 Å². The molecule has 1 aliphatic rings. The van der Waals surface area contributed by atoms with Gasteiger partial charge in [-0.2, -0.15) is 0 Å². The Morgan fingerprint density at radius 2 is 1.95 bits per heavy atom. The van der Waals surface area contributed by atoms with Crippen molar-refractivity contribution >= 4 is 15.7 Å². The van der Waals surface area contributed by atoms with Crippen LogP contribution in [0.1, 0.15) is 18.9 Å². The van der Waals surface area contributed by atoms with Crippen molar-refractivity contribution in [3.05, 3.63) is 29.8 Å². The molecule has 0 saturated carbocycles. The van der Waals surface area contributed by atoms with Crippen LogP contribution in [-0.4, -0.2) is 44.6 Å². The highest BCUT2D eigenvalue weighted by atomic mass is 32.2. The summed E-state index contributed by atoms with van der Waals surface area (Å²) in [6.07, 6.45) is 2.01. The molecule has 1 heterocycles. The Morgan fingerprint density at radius 1 is 1.30 bits per heavy atom. The summed E-state index contributed by atoms with van der Waals surface area (Å²) in [5.74, 6) is 0.124. The van der Waals surface area contributed by atoms with Crippen LogP contribution in [0.3, 0.4) is 0 Å². The minimum Gasteiger partial charge on any atom is -0.337 e. The number of carbonyl (C=O) groups excluding carboxylic acids is 1. The Morgan fingerprint density at radius 3 is 2.50 bits per heavy atom. The van der Waals surface area contributed by atoms with Gasteiger partial charge >= 0.3 is 0 Å². The molecule has 0 spiro atoms. The maximum atomic E-state index is 12.1. The molecule has 20 heavy (non-hydrogen) atoms. The minimum absolute atomic E-state index is 0.0738. The molecule has 1 saturated heterocycles. The van der Waals surface area contributed by atoms with Gasteiger partial charge in [0.2, 0.25) is 5.91 Å². The predicted molar refractivity (Wildman–Crippen MR) is 77.1 cm³/mol. The summed E-state index contributed by atoms with van der Waals surface area (Å²) in [5.41, 5.74) is 0.947. The van der Waals surface area contributed by atoms with Crippen LogP contribution in [0.5, 0.6) is 0 Å². The number of hydrogen-bond acceptors (Lipinski definition) is 4.